The summed E-state index contributed by atoms with van der Waals surface area (Å²) in [6.45, 7) is 4.22. The molecule has 0 aliphatic heterocycles. The maximum atomic E-state index is 12.4. The number of nitrogens with one attached hydrogen (secondary N) is 1. The summed E-state index contributed by atoms with van der Waals surface area (Å²) in [5.74, 6) is -0.470. The molecule has 0 rings (SSSR count). The van der Waals surface area contributed by atoms with Gasteiger partial charge < -0.3 is 20.6 Å². The third-order valence-electron chi connectivity index (χ3n) is 8.98. The molecular formula is C37H75NO4. The number of carbonyl (C=O) groups excluding carboxylic acids is 1. The minimum atomic E-state index is -1.06. The van der Waals surface area contributed by atoms with Crippen molar-refractivity contribution in [1.82, 2.24) is 5.32 Å². The summed E-state index contributed by atoms with van der Waals surface area (Å²) < 4.78 is 0. The molecule has 0 aliphatic rings. The molecule has 5 heteroatoms. The Hall–Kier alpha value is -0.650. The van der Waals surface area contributed by atoms with Crippen molar-refractivity contribution in [2.24, 2.45) is 0 Å². The van der Waals surface area contributed by atoms with E-state index in [9.17, 15) is 20.1 Å². The second kappa shape index (κ2) is 33.2. The van der Waals surface area contributed by atoms with Crippen molar-refractivity contribution in [3.8, 4) is 0 Å². The summed E-state index contributed by atoms with van der Waals surface area (Å²) in [6, 6.07) is -0.703. The molecule has 0 spiro atoms. The standard InChI is InChI=1S/C37H75NO4/c1-3-5-7-9-11-13-15-16-17-18-19-20-22-23-25-27-29-31-35(40)34(33-39)38-37(42)36(41)32-30-28-26-24-21-14-12-10-8-6-4-2/h34-36,39-41H,3-33H2,1-2H3,(H,38,42). The molecule has 0 saturated carbocycles. The lowest BCUT2D eigenvalue weighted by molar-refractivity contribution is -0.131. The molecule has 252 valence electrons. The molecule has 1 amide bonds. The number of carbonyl (C=O) groups is 1. The zero-order valence-electron chi connectivity index (χ0n) is 28.4. The van der Waals surface area contributed by atoms with Crippen molar-refractivity contribution in [3.63, 3.8) is 0 Å². The average Bonchev–Trinajstić information content (AvgIpc) is 2.99. The van der Waals surface area contributed by atoms with Crippen LogP contribution < -0.4 is 5.32 Å². The van der Waals surface area contributed by atoms with Crippen LogP contribution in [0.4, 0.5) is 0 Å². The Bertz CT molecular complexity index is 544. The lowest BCUT2D eigenvalue weighted by atomic mass is 10.0. The van der Waals surface area contributed by atoms with Crippen molar-refractivity contribution in [2.45, 2.75) is 225 Å². The Morgan fingerprint density at radius 3 is 1.07 bits per heavy atom. The van der Waals surface area contributed by atoms with E-state index in [0.717, 1.165) is 32.1 Å². The van der Waals surface area contributed by atoms with E-state index in [1.807, 2.05) is 0 Å². The summed E-state index contributed by atoms with van der Waals surface area (Å²) in [6.07, 6.45) is 35.1. The Kier molecular flexibility index (Phi) is 32.7. The first kappa shape index (κ1) is 41.4. The van der Waals surface area contributed by atoms with Crippen molar-refractivity contribution in [2.75, 3.05) is 6.61 Å². The Morgan fingerprint density at radius 2 is 0.762 bits per heavy atom. The molecule has 0 aromatic rings. The van der Waals surface area contributed by atoms with Crippen LogP contribution in [0.3, 0.4) is 0 Å². The molecule has 0 saturated heterocycles. The van der Waals surface area contributed by atoms with Crippen LogP contribution in [0.1, 0.15) is 206 Å². The summed E-state index contributed by atoms with van der Waals surface area (Å²) in [5.41, 5.74) is 0. The van der Waals surface area contributed by atoms with Gasteiger partial charge in [0.2, 0.25) is 5.91 Å². The Morgan fingerprint density at radius 1 is 0.476 bits per heavy atom. The van der Waals surface area contributed by atoms with Gasteiger partial charge in [-0.1, -0.05) is 194 Å². The van der Waals surface area contributed by atoms with E-state index in [2.05, 4.69) is 19.2 Å². The van der Waals surface area contributed by atoms with Gasteiger partial charge >= 0.3 is 0 Å². The third kappa shape index (κ3) is 28.1. The first-order valence-electron chi connectivity index (χ1n) is 18.8. The fraction of sp³-hybridized carbons (Fsp3) is 0.973. The van der Waals surface area contributed by atoms with Crippen molar-refractivity contribution in [3.05, 3.63) is 0 Å². The summed E-state index contributed by atoms with van der Waals surface area (Å²) in [5, 5.41) is 33.1. The molecule has 3 atom stereocenters. The second-order valence-corrected chi connectivity index (χ2v) is 13.2. The highest BCUT2D eigenvalue weighted by molar-refractivity contribution is 5.80. The predicted octanol–water partition coefficient (Wildman–Crippen LogP) is 9.93. The van der Waals surface area contributed by atoms with Crippen LogP contribution in [0.2, 0.25) is 0 Å². The van der Waals surface area contributed by atoms with Gasteiger partial charge in [0, 0.05) is 0 Å². The van der Waals surface area contributed by atoms with Crippen LogP contribution in [0, 0.1) is 0 Å². The lowest BCUT2D eigenvalue weighted by Gasteiger charge is -2.23. The van der Waals surface area contributed by atoms with Crippen LogP contribution in [-0.4, -0.2) is 46.1 Å². The fourth-order valence-electron chi connectivity index (χ4n) is 5.95. The van der Waals surface area contributed by atoms with Gasteiger partial charge in [-0.2, -0.15) is 0 Å². The van der Waals surface area contributed by atoms with Crippen LogP contribution in [0.25, 0.3) is 0 Å². The normalized spacial score (nSPS) is 13.7. The van der Waals surface area contributed by atoms with Crippen LogP contribution >= 0.6 is 0 Å². The van der Waals surface area contributed by atoms with E-state index in [-0.39, 0.29) is 6.61 Å². The Balaban J connectivity index is 3.63. The van der Waals surface area contributed by atoms with Gasteiger partial charge in [-0.15, -0.1) is 0 Å². The van der Waals surface area contributed by atoms with Gasteiger partial charge in [0.15, 0.2) is 0 Å². The molecule has 0 bridgehead atoms. The number of hydrogen-bond donors (Lipinski definition) is 4. The Labute approximate surface area is 262 Å². The van der Waals surface area contributed by atoms with E-state index < -0.39 is 24.2 Å². The highest BCUT2D eigenvalue weighted by Crippen LogP contribution is 2.16. The molecule has 0 radical (unpaired) electrons. The van der Waals surface area contributed by atoms with E-state index in [1.165, 1.54) is 148 Å². The zero-order valence-corrected chi connectivity index (χ0v) is 28.4. The molecule has 0 aromatic heterocycles. The van der Waals surface area contributed by atoms with E-state index in [4.69, 9.17) is 0 Å². The maximum Gasteiger partial charge on any atom is 0.249 e. The maximum absolute atomic E-state index is 12.4. The molecule has 0 heterocycles. The van der Waals surface area contributed by atoms with Gasteiger partial charge in [0.05, 0.1) is 18.8 Å². The van der Waals surface area contributed by atoms with Crippen molar-refractivity contribution in [1.29, 1.82) is 0 Å². The summed E-state index contributed by atoms with van der Waals surface area (Å²) >= 11 is 0. The first-order chi connectivity index (χ1) is 20.6. The van der Waals surface area contributed by atoms with E-state index in [1.54, 1.807) is 0 Å². The average molecular weight is 598 g/mol. The highest BCUT2D eigenvalue weighted by Gasteiger charge is 2.23. The molecule has 0 fully saturated rings. The quantitative estimate of drug-likeness (QED) is 0.0556. The summed E-state index contributed by atoms with van der Waals surface area (Å²) in [7, 11) is 0. The molecular weight excluding hydrogens is 522 g/mol. The van der Waals surface area contributed by atoms with Crippen molar-refractivity contribution < 1.29 is 20.1 Å². The van der Waals surface area contributed by atoms with Crippen LogP contribution in [-0.2, 0) is 4.79 Å². The van der Waals surface area contributed by atoms with Gasteiger partial charge in [-0.3, -0.25) is 4.79 Å². The van der Waals surface area contributed by atoms with Crippen LogP contribution in [0.5, 0.6) is 0 Å². The van der Waals surface area contributed by atoms with Crippen LogP contribution in [0.15, 0.2) is 0 Å². The molecule has 0 aliphatic carbocycles. The lowest BCUT2D eigenvalue weighted by Crippen LogP contribution is -2.49. The fourth-order valence-corrected chi connectivity index (χ4v) is 5.95. The minimum absolute atomic E-state index is 0.309. The predicted molar refractivity (Wildman–Crippen MR) is 181 cm³/mol. The molecule has 0 aromatic carbocycles. The number of aliphatic hydroxyl groups is 3. The SMILES string of the molecule is CCCCCCCCCCCCCCCCCCCC(O)C(CO)NC(=O)C(O)CCCCCCCCCCCCC. The first-order valence-corrected chi connectivity index (χ1v) is 18.8. The third-order valence-corrected chi connectivity index (χ3v) is 8.98. The molecule has 3 unspecified atom stereocenters. The number of rotatable bonds is 34. The largest absolute Gasteiger partial charge is 0.394 e. The molecule has 42 heavy (non-hydrogen) atoms. The van der Waals surface area contributed by atoms with Gasteiger partial charge in [-0.25, -0.2) is 0 Å². The van der Waals surface area contributed by atoms with E-state index >= 15 is 0 Å². The number of aliphatic hydroxyl groups excluding tert-OH is 3. The highest BCUT2D eigenvalue weighted by atomic mass is 16.3. The number of unbranched alkanes of at least 4 members (excludes halogenated alkanes) is 26. The number of amides is 1. The van der Waals surface area contributed by atoms with Gasteiger partial charge in [-0.05, 0) is 12.8 Å². The van der Waals surface area contributed by atoms with Gasteiger partial charge in [0.1, 0.15) is 6.10 Å². The molecule has 4 N–H and O–H groups in total. The van der Waals surface area contributed by atoms with E-state index in [0.29, 0.717) is 12.8 Å². The summed E-state index contributed by atoms with van der Waals surface area (Å²) in [4.78, 5) is 12.4. The van der Waals surface area contributed by atoms with Crippen molar-refractivity contribution >= 4 is 5.91 Å². The molecule has 5 nitrogen and oxygen atoms in total. The number of hydrogen-bond acceptors (Lipinski definition) is 4. The minimum Gasteiger partial charge on any atom is -0.394 e. The smallest absolute Gasteiger partial charge is 0.249 e. The topological polar surface area (TPSA) is 89.8 Å². The van der Waals surface area contributed by atoms with Gasteiger partial charge in [0.25, 0.3) is 0 Å². The zero-order chi connectivity index (χ0) is 30.9. The monoisotopic (exact) mass is 598 g/mol. The second-order valence-electron chi connectivity index (χ2n) is 13.2.